The van der Waals surface area contributed by atoms with Crippen LogP contribution in [0.1, 0.15) is 0 Å². The minimum atomic E-state index is 0.824. The van der Waals surface area contributed by atoms with Crippen LogP contribution in [0.4, 0.5) is 0 Å². The van der Waals surface area contributed by atoms with Crippen LogP contribution >= 0.6 is 11.8 Å². The van der Waals surface area contributed by atoms with E-state index in [0.29, 0.717) is 0 Å². The molecule has 0 aromatic carbocycles. The van der Waals surface area contributed by atoms with Crippen LogP contribution in [0.3, 0.4) is 0 Å². The highest BCUT2D eigenvalue weighted by Crippen LogP contribution is 2.15. The van der Waals surface area contributed by atoms with Crippen LogP contribution in [0, 0.1) is 0 Å². The third-order valence-corrected chi connectivity index (χ3v) is 1.28. The van der Waals surface area contributed by atoms with Gasteiger partial charge in [-0.05, 0) is 0 Å². The van der Waals surface area contributed by atoms with Crippen molar-refractivity contribution in [2.45, 2.75) is 0 Å². The zero-order valence-electron chi connectivity index (χ0n) is 3.35. The second-order valence-electron chi connectivity index (χ2n) is 1.10. The lowest BCUT2D eigenvalue weighted by Gasteiger charge is -1.78. The average Bonchev–Trinajstić information content (AvgIpc) is 1.86. The fourth-order valence-electron chi connectivity index (χ4n) is 0.288. The van der Waals surface area contributed by atoms with Gasteiger partial charge in [0, 0.05) is 4.91 Å². The standard InChI is InChI=1S/C4H5NS/c1-4-2-5-3-6-4/h3H,1-2H2. The highest BCUT2D eigenvalue weighted by molar-refractivity contribution is 8.15. The van der Waals surface area contributed by atoms with Gasteiger partial charge in [0.2, 0.25) is 0 Å². The summed E-state index contributed by atoms with van der Waals surface area (Å²) in [6, 6.07) is 0. The third-order valence-electron chi connectivity index (χ3n) is 0.562. The topological polar surface area (TPSA) is 12.4 Å². The summed E-state index contributed by atoms with van der Waals surface area (Å²) < 4.78 is 0. The van der Waals surface area contributed by atoms with Crippen molar-refractivity contribution >= 4 is 17.3 Å². The maximum Gasteiger partial charge on any atom is 0.0702 e. The molecule has 1 aliphatic rings. The highest BCUT2D eigenvalue weighted by atomic mass is 32.2. The molecule has 1 aliphatic heterocycles. The van der Waals surface area contributed by atoms with Crippen LogP contribution in [0.5, 0.6) is 0 Å². The first kappa shape index (κ1) is 3.93. The normalized spacial score (nSPS) is 19.7. The number of hydrogen-bond acceptors (Lipinski definition) is 2. The molecule has 6 heavy (non-hydrogen) atoms. The number of nitrogens with zero attached hydrogens (tertiary/aromatic N) is 1. The Kier molecular flexibility index (Phi) is 0.965. The monoisotopic (exact) mass is 99.0 g/mol. The van der Waals surface area contributed by atoms with Crippen molar-refractivity contribution < 1.29 is 0 Å². The van der Waals surface area contributed by atoms with E-state index in [9.17, 15) is 0 Å². The fraction of sp³-hybridized carbons (Fsp3) is 0.250. The van der Waals surface area contributed by atoms with Crippen molar-refractivity contribution in [3.8, 4) is 0 Å². The Morgan fingerprint density at radius 3 is 3.00 bits per heavy atom. The first-order valence-corrected chi connectivity index (χ1v) is 2.60. The van der Waals surface area contributed by atoms with Crippen molar-refractivity contribution in [2.24, 2.45) is 4.99 Å². The first-order valence-electron chi connectivity index (χ1n) is 1.72. The van der Waals surface area contributed by atoms with E-state index in [2.05, 4.69) is 11.6 Å². The molecule has 0 unspecified atom stereocenters. The van der Waals surface area contributed by atoms with Crippen LogP contribution < -0.4 is 0 Å². The smallest absolute Gasteiger partial charge is 0.0702 e. The molecule has 0 atom stereocenters. The third kappa shape index (κ3) is 0.627. The Balaban J connectivity index is 2.52. The van der Waals surface area contributed by atoms with Crippen molar-refractivity contribution in [3.63, 3.8) is 0 Å². The maximum atomic E-state index is 3.90. The van der Waals surface area contributed by atoms with Gasteiger partial charge in [-0.15, -0.1) is 0 Å². The summed E-state index contributed by atoms with van der Waals surface area (Å²) >= 11 is 1.61. The second kappa shape index (κ2) is 1.47. The molecule has 0 radical (unpaired) electrons. The van der Waals surface area contributed by atoms with E-state index < -0.39 is 0 Å². The zero-order valence-corrected chi connectivity index (χ0v) is 4.16. The first-order chi connectivity index (χ1) is 2.89. The average molecular weight is 99.2 g/mol. The second-order valence-corrected chi connectivity index (χ2v) is 2.13. The summed E-state index contributed by atoms with van der Waals surface area (Å²) in [6.07, 6.45) is 0. The van der Waals surface area contributed by atoms with Crippen molar-refractivity contribution in [2.75, 3.05) is 6.54 Å². The van der Waals surface area contributed by atoms with Crippen molar-refractivity contribution in [3.05, 3.63) is 11.5 Å². The molecule has 0 saturated heterocycles. The summed E-state index contributed by atoms with van der Waals surface area (Å²) in [7, 11) is 0. The molecular weight excluding hydrogens is 94.1 g/mol. The van der Waals surface area contributed by atoms with Gasteiger partial charge >= 0.3 is 0 Å². The molecule has 0 spiro atoms. The Morgan fingerprint density at radius 2 is 2.83 bits per heavy atom. The molecule has 1 heterocycles. The van der Waals surface area contributed by atoms with Gasteiger partial charge in [0.1, 0.15) is 0 Å². The summed E-state index contributed by atoms with van der Waals surface area (Å²) in [5.74, 6) is 0. The molecule has 0 bridgehead atoms. The fourth-order valence-corrected chi connectivity index (χ4v) is 0.735. The summed E-state index contributed by atoms with van der Waals surface area (Å²) in [5, 5.41) is 0. The molecule has 0 aromatic heterocycles. The summed E-state index contributed by atoms with van der Waals surface area (Å²) in [5.41, 5.74) is 1.82. The SMILES string of the molecule is C=C1CN=CS1. The molecule has 0 aromatic rings. The lowest BCUT2D eigenvalue weighted by molar-refractivity contribution is 1.27. The molecule has 0 aliphatic carbocycles. The molecule has 2 heteroatoms. The van der Waals surface area contributed by atoms with Gasteiger partial charge in [-0.2, -0.15) is 0 Å². The van der Waals surface area contributed by atoms with Gasteiger partial charge in [0.15, 0.2) is 0 Å². The number of aliphatic imine (C=N–C) groups is 1. The maximum absolute atomic E-state index is 3.90. The van der Waals surface area contributed by atoms with Crippen LogP contribution in [-0.2, 0) is 0 Å². The lowest BCUT2D eigenvalue weighted by atomic mass is 10.6. The molecule has 1 nitrogen and oxygen atoms in total. The Hall–Kier alpha value is -0.240. The van der Waals surface area contributed by atoms with Gasteiger partial charge in [-0.1, -0.05) is 18.3 Å². The van der Waals surface area contributed by atoms with E-state index in [1.165, 1.54) is 0 Å². The quantitative estimate of drug-likeness (QED) is 0.445. The van der Waals surface area contributed by atoms with Crippen molar-refractivity contribution in [1.29, 1.82) is 0 Å². The van der Waals surface area contributed by atoms with E-state index in [4.69, 9.17) is 0 Å². The largest absolute Gasteiger partial charge is 0.281 e. The molecule has 0 saturated carbocycles. The van der Waals surface area contributed by atoms with Crippen LogP contribution in [0.2, 0.25) is 0 Å². The number of thioether (sulfide) groups is 1. The van der Waals surface area contributed by atoms with Gasteiger partial charge in [0.05, 0.1) is 12.1 Å². The Morgan fingerprint density at radius 1 is 2.00 bits per heavy atom. The van der Waals surface area contributed by atoms with E-state index in [1.807, 2.05) is 5.55 Å². The summed E-state index contributed by atoms with van der Waals surface area (Å²) in [4.78, 5) is 5.05. The predicted molar refractivity (Wildman–Crippen MR) is 30.1 cm³/mol. The van der Waals surface area contributed by atoms with Crippen molar-refractivity contribution in [1.82, 2.24) is 0 Å². The van der Waals surface area contributed by atoms with Crippen LogP contribution in [0.25, 0.3) is 0 Å². The molecule has 0 N–H and O–H groups in total. The van der Waals surface area contributed by atoms with Crippen LogP contribution in [0.15, 0.2) is 16.5 Å². The van der Waals surface area contributed by atoms with Gasteiger partial charge < -0.3 is 0 Å². The molecular formula is C4H5NS. The molecule has 0 amide bonds. The van der Waals surface area contributed by atoms with E-state index in [0.717, 1.165) is 11.4 Å². The number of hydrogen-bond donors (Lipinski definition) is 0. The van der Waals surface area contributed by atoms with Gasteiger partial charge in [0.25, 0.3) is 0 Å². The van der Waals surface area contributed by atoms with E-state index in [1.54, 1.807) is 11.8 Å². The zero-order chi connectivity index (χ0) is 4.41. The Bertz CT molecular complexity index is 85.7. The molecule has 1 rings (SSSR count). The Labute approximate surface area is 41.2 Å². The van der Waals surface area contributed by atoms with E-state index >= 15 is 0 Å². The predicted octanol–water partition coefficient (Wildman–Crippen LogP) is 1.28. The van der Waals surface area contributed by atoms with Gasteiger partial charge in [-0.3, -0.25) is 4.99 Å². The highest BCUT2D eigenvalue weighted by Gasteiger charge is 1.94. The summed E-state index contributed by atoms with van der Waals surface area (Å²) in [6.45, 7) is 4.52. The number of rotatable bonds is 0. The van der Waals surface area contributed by atoms with Crippen LogP contribution in [-0.4, -0.2) is 12.1 Å². The molecule has 0 fully saturated rings. The van der Waals surface area contributed by atoms with Gasteiger partial charge in [-0.25, -0.2) is 0 Å². The minimum Gasteiger partial charge on any atom is -0.281 e. The molecule has 32 valence electrons. The lowest BCUT2D eigenvalue weighted by Crippen LogP contribution is -1.65. The minimum absolute atomic E-state index is 0.824. The van der Waals surface area contributed by atoms with E-state index in [-0.39, 0.29) is 0 Å².